The number of carbonyl (C=O) groups excluding carboxylic acids is 3. The number of anilines is 2. The predicted molar refractivity (Wildman–Crippen MR) is 119 cm³/mol. The maximum Gasteiger partial charge on any atom is 0.329 e. The van der Waals surface area contributed by atoms with Gasteiger partial charge in [-0.05, 0) is 44.0 Å². The lowest BCUT2D eigenvalue weighted by atomic mass is 10.0. The van der Waals surface area contributed by atoms with Crippen molar-refractivity contribution in [2.75, 3.05) is 17.2 Å². The van der Waals surface area contributed by atoms with E-state index in [1.807, 2.05) is 13.0 Å². The Balaban J connectivity index is 1.96. The second kappa shape index (κ2) is 11.6. The van der Waals surface area contributed by atoms with Gasteiger partial charge < -0.3 is 25.4 Å². The van der Waals surface area contributed by atoms with Crippen LogP contribution in [0.5, 0.6) is 5.75 Å². The Morgan fingerprint density at radius 3 is 2.19 bits per heavy atom. The van der Waals surface area contributed by atoms with Crippen LogP contribution in [0.2, 0.25) is 0 Å². The summed E-state index contributed by atoms with van der Waals surface area (Å²) in [7, 11) is 0. The lowest BCUT2D eigenvalue weighted by Crippen LogP contribution is -2.48. The molecule has 31 heavy (non-hydrogen) atoms. The summed E-state index contributed by atoms with van der Waals surface area (Å²) in [6.45, 7) is 7.31. The van der Waals surface area contributed by atoms with Crippen molar-refractivity contribution in [1.82, 2.24) is 5.32 Å². The molecule has 0 aliphatic heterocycles. The first-order chi connectivity index (χ1) is 14.8. The molecule has 2 aromatic carbocycles. The van der Waals surface area contributed by atoms with Crippen molar-refractivity contribution in [3.63, 3.8) is 0 Å². The van der Waals surface area contributed by atoms with Crippen molar-refractivity contribution in [2.24, 2.45) is 5.92 Å². The Labute approximate surface area is 182 Å². The van der Waals surface area contributed by atoms with Crippen LogP contribution in [0, 0.1) is 5.92 Å². The number of amides is 3. The van der Waals surface area contributed by atoms with Crippen molar-refractivity contribution in [3.05, 3.63) is 54.6 Å². The fourth-order valence-corrected chi connectivity index (χ4v) is 2.71. The number of urea groups is 1. The molecular weight excluding hydrogens is 398 g/mol. The normalized spacial score (nSPS) is 12.4. The molecule has 0 spiro atoms. The molecule has 0 aliphatic carbocycles. The fourth-order valence-electron chi connectivity index (χ4n) is 2.71. The third-order valence-electron chi connectivity index (χ3n) is 4.35. The van der Waals surface area contributed by atoms with Gasteiger partial charge in [-0.1, -0.05) is 44.2 Å². The first-order valence-electron chi connectivity index (χ1n) is 10.2. The Kier molecular flexibility index (Phi) is 8.87. The van der Waals surface area contributed by atoms with E-state index in [2.05, 4.69) is 16.0 Å². The Bertz CT molecular complexity index is 886. The molecule has 2 rings (SSSR count). The first kappa shape index (κ1) is 23.7. The van der Waals surface area contributed by atoms with Crippen LogP contribution in [0.1, 0.15) is 27.7 Å². The van der Waals surface area contributed by atoms with Crippen LogP contribution in [-0.4, -0.2) is 36.7 Å². The number of benzene rings is 2. The summed E-state index contributed by atoms with van der Waals surface area (Å²) < 4.78 is 10.8. The van der Waals surface area contributed by atoms with Gasteiger partial charge in [-0.3, -0.25) is 4.79 Å². The summed E-state index contributed by atoms with van der Waals surface area (Å²) in [5.74, 6) is -0.921. The number of nitrogens with one attached hydrogen (secondary N) is 3. The first-order valence-corrected chi connectivity index (χ1v) is 10.2. The van der Waals surface area contributed by atoms with Gasteiger partial charge in [0.1, 0.15) is 11.8 Å². The second-order valence-electron chi connectivity index (χ2n) is 7.18. The minimum atomic E-state index is -1.07. The number of para-hydroxylation sites is 3. The molecule has 0 aromatic heterocycles. The van der Waals surface area contributed by atoms with Gasteiger partial charge in [-0.25, -0.2) is 9.59 Å². The maximum atomic E-state index is 12.6. The van der Waals surface area contributed by atoms with Crippen LogP contribution in [0.25, 0.3) is 0 Å². The van der Waals surface area contributed by atoms with Crippen LogP contribution in [0.3, 0.4) is 0 Å². The highest BCUT2D eigenvalue weighted by Crippen LogP contribution is 2.24. The molecule has 0 bridgehead atoms. The monoisotopic (exact) mass is 427 g/mol. The highest BCUT2D eigenvalue weighted by atomic mass is 16.5. The van der Waals surface area contributed by atoms with Gasteiger partial charge >= 0.3 is 12.0 Å². The minimum Gasteiger partial charge on any atom is -0.492 e. The highest BCUT2D eigenvalue weighted by Gasteiger charge is 2.29. The van der Waals surface area contributed by atoms with Gasteiger partial charge in [0.2, 0.25) is 0 Å². The summed E-state index contributed by atoms with van der Waals surface area (Å²) >= 11 is 0. The summed E-state index contributed by atoms with van der Waals surface area (Å²) in [5.41, 5.74) is 1.08. The van der Waals surface area contributed by atoms with E-state index in [9.17, 15) is 14.4 Å². The summed E-state index contributed by atoms with van der Waals surface area (Å²) in [6, 6.07) is 14.4. The molecule has 0 aliphatic rings. The minimum absolute atomic E-state index is 0.247. The van der Waals surface area contributed by atoms with Crippen molar-refractivity contribution < 1.29 is 23.9 Å². The number of ether oxygens (including phenoxy) is 2. The van der Waals surface area contributed by atoms with Gasteiger partial charge in [0.15, 0.2) is 6.10 Å². The smallest absolute Gasteiger partial charge is 0.329 e. The van der Waals surface area contributed by atoms with Crippen LogP contribution >= 0.6 is 0 Å². The molecule has 3 amide bonds. The Morgan fingerprint density at radius 2 is 1.55 bits per heavy atom. The van der Waals surface area contributed by atoms with Gasteiger partial charge in [-0.2, -0.15) is 0 Å². The molecule has 2 atom stereocenters. The fraction of sp³-hybridized carbons (Fsp3) is 0.348. The standard InChI is InChI=1S/C23H29N3O5/c1-5-30-19-14-10-9-13-18(19)25-21(27)16(4)31-22(28)20(15(2)3)26-23(29)24-17-11-7-6-8-12-17/h6-16,20H,5H2,1-4H3,(H,25,27)(H2,24,26,29)/t16-,20-/m1/s1. The maximum absolute atomic E-state index is 12.6. The van der Waals surface area contributed by atoms with Crippen molar-refractivity contribution in [3.8, 4) is 5.75 Å². The molecule has 166 valence electrons. The second-order valence-corrected chi connectivity index (χ2v) is 7.18. The van der Waals surface area contributed by atoms with E-state index in [4.69, 9.17) is 9.47 Å². The zero-order valence-electron chi connectivity index (χ0n) is 18.2. The number of esters is 1. The highest BCUT2D eigenvalue weighted by molar-refractivity contribution is 5.97. The van der Waals surface area contributed by atoms with Crippen molar-refractivity contribution in [1.29, 1.82) is 0 Å². The molecule has 0 fully saturated rings. The zero-order valence-corrected chi connectivity index (χ0v) is 18.2. The topological polar surface area (TPSA) is 106 Å². The molecule has 0 saturated carbocycles. The van der Waals surface area contributed by atoms with E-state index in [0.29, 0.717) is 23.7 Å². The summed E-state index contributed by atoms with van der Waals surface area (Å²) in [4.78, 5) is 37.4. The molecule has 0 heterocycles. The van der Waals surface area contributed by atoms with Gasteiger partial charge in [-0.15, -0.1) is 0 Å². The molecule has 8 heteroatoms. The third-order valence-corrected chi connectivity index (χ3v) is 4.35. The molecule has 2 aromatic rings. The van der Waals surface area contributed by atoms with E-state index >= 15 is 0 Å². The quantitative estimate of drug-likeness (QED) is 0.528. The van der Waals surface area contributed by atoms with Gasteiger partial charge in [0, 0.05) is 5.69 Å². The van der Waals surface area contributed by atoms with Crippen LogP contribution in [0.15, 0.2) is 54.6 Å². The predicted octanol–water partition coefficient (Wildman–Crippen LogP) is 3.80. The number of hydrogen-bond acceptors (Lipinski definition) is 5. The number of hydrogen-bond donors (Lipinski definition) is 3. The van der Waals surface area contributed by atoms with E-state index in [-0.39, 0.29) is 5.92 Å². The van der Waals surface area contributed by atoms with E-state index in [1.165, 1.54) is 6.92 Å². The van der Waals surface area contributed by atoms with E-state index < -0.39 is 30.1 Å². The molecule has 0 radical (unpaired) electrons. The third kappa shape index (κ3) is 7.33. The number of carbonyl (C=O) groups is 3. The Hall–Kier alpha value is -3.55. The van der Waals surface area contributed by atoms with Crippen molar-refractivity contribution >= 4 is 29.3 Å². The molecular formula is C23H29N3O5. The Morgan fingerprint density at radius 1 is 0.903 bits per heavy atom. The van der Waals surface area contributed by atoms with E-state index in [0.717, 1.165) is 0 Å². The van der Waals surface area contributed by atoms with E-state index in [1.54, 1.807) is 62.4 Å². The SMILES string of the molecule is CCOc1ccccc1NC(=O)[C@@H](C)OC(=O)[C@H](NC(=O)Nc1ccccc1)C(C)C. The average Bonchev–Trinajstić information content (AvgIpc) is 2.74. The largest absolute Gasteiger partial charge is 0.492 e. The lowest BCUT2D eigenvalue weighted by molar-refractivity contribution is -0.156. The van der Waals surface area contributed by atoms with Gasteiger partial charge in [0.25, 0.3) is 5.91 Å². The lowest BCUT2D eigenvalue weighted by Gasteiger charge is -2.23. The van der Waals surface area contributed by atoms with Crippen LogP contribution in [-0.2, 0) is 14.3 Å². The number of rotatable bonds is 9. The molecule has 0 unspecified atom stereocenters. The molecule has 3 N–H and O–H groups in total. The molecule has 8 nitrogen and oxygen atoms in total. The van der Waals surface area contributed by atoms with Crippen LogP contribution < -0.4 is 20.7 Å². The summed E-state index contributed by atoms with van der Waals surface area (Å²) in [6.07, 6.45) is -1.07. The zero-order chi connectivity index (χ0) is 22.8. The molecule has 0 saturated heterocycles. The van der Waals surface area contributed by atoms with Crippen LogP contribution in [0.4, 0.5) is 16.2 Å². The van der Waals surface area contributed by atoms with Gasteiger partial charge in [0.05, 0.1) is 12.3 Å². The summed E-state index contributed by atoms with van der Waals surface area (Å²) in [5, 5.41) is 7.97. The average molecular weight is 428 g/mol. The van der Waals surface area contributed by atoms with Crippen molar-refractivity contribution in [2.45, 2.75) is 39.8 Å².